The first-order valence-corrected chi connectivity index (χ1v) is 6.37. The summed E-state index contributed by atoms with van der Waals surface area (Å²) < 4.78 is 4.89. The van der Waals surface area contributed by atoms with Crippen molar-refractivity contribution < 1.29 is 14.5 Å². The average molecular weight is 319 g/mol. The normalized spacial score (nSPS) is 9.90. The maximum absolute atomic E-state index is 11.9. The number of nitrogens with one attached hydrogen (secondary N) is 1. The second-order valence-corrected chi connectivity index (χ2v) is 4.48. The number of nitro benzene ring substituents is 1. The fourth-order valence-corrected chi connectivity index (χ4v) is 1.79. The van der Waals surface area contributed by atoms with Gasteiger partial charge in [0.05, 0.1) is 33.4 Å². The topological polar surface area (TPSA) is 81.5 Å². The lowest BCUT2D eigenvalue weighted by Gasteiger charge is -2.07. The summed E-state index contributed by atoms with van der Waals surface area (Å²) in [4.78, 5) is 22.0. The van der Waals surface area contributed by atoms with Gasteiger partial charge in [-0.3, -0.25) is 14.9 Å². The quantitative estimate of drug-likeness (QED) is 0.362. The molecular formula is C12H12Cl2N2O4. The van der Waals surface area contributed by atoms with Gasteiger partial charge in [-0.1, -0.05) is 29.8 Å². The van der Waals surface area contributed by atoms with Crippen molar-refractivity contribution in [3.05, 3.63) is 50.7 Å². The molecule has 1 amide bonds. The van der Waals surface area contributed by atoms with Crippen molar-refractivity contribution in [2.45, 2.75) is 6.42 Å². The van der Waals surface area contributed by atoms with E-state index in [2.05, 4.69) is 11.9 Å². The Bertz CT molecular complexity index is 534. The second kappa shape index (κ2) is 7.72. The van der Waals surface area contributed by atoms with Crippen molar-refractivity contribution in [2.75, 3.05) is 13.2 Å². The summed E-state index contributed by atoms with van der Waals surface area (Å²) in [5, 5.41) is 13.2. The molecule has 1 N–H and O–H groups in total. The van der Waals surface area contributed by atoms with Crippen LogP contribution in [0.1, 0.15) is 16.8 Å². The van der Waals surface area contributed by atoms with Gasteiger partial charge in [0, 0.05) is 18.7 Å². The number of ether oxygens (including phenoxy) is 1. The molecule has 0 aliphatic rings. The van der Waals surface area contributed by atoms with Crippen molar-refractivity contribution in [1.29, 1.82) is 0 Å². The maximum atomic E-state index is 11.9. The number of rotatable bonds is 7. The molecule has 0 unspecified atom stereocenters. The number of nitro groups is 1. The van der Waals surface area contributed by atoms with E-state index in [1.807, 2.05) is 0 Å². The van der Waals surface area contributed by atoms with E-state index in [-0.39, 0.29) is 21.3 Å². The Balaban J connectivity index is 2.76. The maximum Gasteiger partial charge on any atom is 0.271 e. The Hall–Kier alpha value is -1.79. The summed E-state index contributed by atoms with van der Waals surface area (Å²) in [7, 11) is 0. The third-order valence-corrected chi connectivity index (χ3v) is 3.11. The Labute approximate surface area is 125 Å². The molecule has 0 aliphatic heterocycles. The van der Waals surface area contributed by atoms with Gasteiger partial charge in [0.25, 0.3) is 11.6 Å². The molecule has 1 aromatic rings. The van der Waals surface area contributed by atoms with Gasteiger partial charge in [0.1, 0.15) is 0 Å². The first-order valence-electron chi connectivity index (χ1n) is 5.61. The largest absolute Gasteiger partial charge is 0.502 e. The Kier molecular flexibility index (Phi) is 6.27. The van der Waals surface area contributed by atoms with Crippen LogP contribution in [0.4, 0.5) is 5.69 Å². The molecule has 0 spiro atoms. The van der Waals surface area contributed by atoms with Gasteiger partial charge in [-0.25, -0.2) is 0 Å². The minimum absolute atomic E-state index is 0.0166. The highest BCUT2D eigenvalue weighted by Gasteiger charge is 2.19. The highest BCUT2D eigenvalue weighted by atomic mass is 35.5. The van der Waals surface area contributed by atoms with Crippen LogP contribution in [0.25, 0.3) is 0 Å². The van der Waals surface area contributed by atoms with Gasteiger partial charge in [-0.2, -0.15) is 0 Å². The zero-order chi connectivity index (χ0) is 15.1. The Morgan fingerprint density at radius 1 is 1.50 bits per heavy atom. The van der Waals surface area contributed by atoms with E-state index in [0.29, 0.717) is 19.6 Å². The minimum atomic E-state index is -0.642. The second-order valence-electron chi connectivity index (χ2n) is 3.69. The average Bonchev–Trinajstić information content (AvgIpc) is 2.41. The van der Waals surface area contributed by atoms with Gasteiger partial charge in [0.2, 0.25) is 0 Å². The first-order chi connectivity index (χ1) is 9.47. The number of benzene rings is 1. The Morgan fingerprint density at radius 3 is 2.80 bits per heavy atom. The number of amides is 1. The number of hydrogen-bond donors (Lipinski definition) is 1. The predicted molar refractivity (Wildman–Crippen MR) is 76.2 cm³/mol. The van der Waals surface area contributed by atoms with Crippen LogP contribution in [-0.2, 0) is 4.74 Å². The smallest absolute Gasteiger partial charge is 0.271 e. The van der Waals surface area contributed by atoms with Gasteiger partial charge in [-0.05, 0) is 6.42 Å². The van der Waals surface area contributed by atoms with Gasteiger partial charge >= 0.3 is 0 Å². The predicted octanol–water partition coefficient (Wildman–Crippen LogP) is 3.18. The molecule has 0 aromatic heterocycles. The molecule has 0 aliphatic carbocycles. The highest BCUT2D eigenvalue weighted by molar-refractivity contribution is 6.44. The summed E-state index contributed by atoms with van der Waals surface area (Å²) >= 11 is 11.6. The summed E-state index contributed by atoms with van der Waals surface area (Å²) in [5.74, 6) is -0.529. The zero-order valence-electron chi connectivity index (χ0n) is 10.4. The van der Waals surface area contributed by atoms with Gasteiger partial charge in [-0.15, -0.1) is 0 Å². The van der Waals surface area contributed by atoms with E-state index >= 15 is 0 Å². The van der Waals surface area contributed by atoms with Crippen molar-refractivity contribution in [3.63, 3.8) is 0 Å². The molecule has 0 saturated heterocycles. The molecule has 108 valence electrons. The minimum Gasteiger partial charge on any atom is -0.502 e. The number of non-ortho nitro benzene ring substituents is 1. The SMILES string of the molecule is C=COCCCNC(=O)c1cc([N+](=O)[O-])cc(Cl)c1Cl. The van der Waals surface area contributed by atoms with E-state index in [9.17, 15) is 14.9 Å². The van der Waals surface area contributed by atoms with E-state index in [0.717, 1.165) is 12.1 Å². The van der Waals surface area contributed by atoms with Crippen LogP contribution in [0, 0.1) is 10.1 Å². The molecule has 0 radical (unpaired) electrons. The summed E-state index contributed by atoms with van der Waals surface area (Å²) in [6.07, 6.45) is 1.87. The van der Waals surface area contributed by atoms with E-state index in [4.69, 9.17) is 27.9 Å². The summed E-state index contributed by atoms with van der Waals surface area (Å²) in [5.41, 5.74) is -0.324. The number of carbonyl (C=O) groups excluding carboxylic acids is 1. The van der Waals surface area contributed by atoms with Gasteiger partial charge < -0.3 is 10.1 Å². The summed E-state index contributed by atoms with van der Waals surface area (Å²) in [6.45, 7) is 4.13. The van der Waals surface area contributed by atoms with Crippen molar-refractivity contribution in [2.24, 2.45) is 0 Å². The van der Waals surface area contributed by atoms with Crippen LogP contribution in [0.5, 0.6) is 0 Å². The fourth-order valence-electron chi connectivity index (χ4n) is 1.38. The van der Waals surface area contributed by atoms with Crippen molar-refractivity contribution in [1.82, 2.24) is 5.32 Å². The van der Waals surface area contributed by atoms with Gasteiger partial charge in [0.15, 0.2) is 0 Å². The molecular weight excluding hydrogens is 307 g/mol. The van der Waals surface area contributed by atoms with Crippen LogP contribution in [0.2, 0.25) is 10.0 Å². The standard InChI is InChI=1S/C12H12Cl2N2O4/c1-2-20-5-3-4-15-12(17)9-6-8(16(18)19)7-10(13)11(9)14/h2,6-7H,1,3-5H2,(H,15,17). The van der Waals surface area contributed by atoms with E-state index in [1.165, 1.54) is 6.26 Å². The molecule has 20 heavy (non-hydrogen) atoms. The molecule has 0 heterocycles. The molecule has 0 saturated carbocycles. The molecule has 0 bridgehead atoms. The summed E-state index contributed by atoms with van der Waals surface area (Å²) in [6, 6.07) is 2.18. The zero-order valence-corrected chi connectivity index (χ0v) is 11.9. The van der Waals surface area contributed by atoms with Crippen LogP contribution in [-0.4, -0.2) is 24.0 Å². The third-order valence-electron chi connectivity index (χ3n) is 2.31. The third kappa shape index (κ3) is 4.40. The highest BCUT2D eigenvalue weighted by Crippen LogP contribution is 2.30. The fraction of sp³-hybridized carbons (Fsp3) is 0.250. The van der Waals surface area contributed by atoms with Crippen LogP contribution >= 0.6 is 23.2 Å². The van der Waals surface area contributed by atoms with Crippen molar-refractivity contribution in [3.8, 4) is 0 Å². The molecule has 1 rings (SSSR count). The van der Waals surface area contributed by atoms with Crippen molar-refractivity contribution >= 4 is 34.8 Å². The molecule has 6 nitrogen and oxygen atoms in total. The lowest BCUT2D eigenvalue weighted by atomic mass is 10.2. The monoisotopic (exact) mass is 318 g/mol. The lowest BCUT2D eigenvalue weighted by molar-refractivity contribution is -0.384. The number of nitrogens with zero attached hydrogens (tertiary/aromatic N) is 1. The van der Waals surface area contributed by atoms with Crippen LogP contribution in [0.3, 0.4) is 0 Å². The number of hydrogen-bond acceptors (Lipinski definition) is 4. The van der Waals surface area contributed by atoms with Crippen LogP contribution in [0.15, 0.2) is 25.0 Å². The number of carbonyl (C=O) groups is 1. The van der Waals surface area contributed by atoms with E-state index < -0.39 is 10.8 Å². The Morgan fingerprint density at radius 2 is 2.20 bits per heavy atom. The molecule has 8 heteroatoms. The molecule has 0 atom stereocenters. The van der Waals surface area contributed by atoms with Crippen LogP contribution < -0.4 is 5.32 Å². The first kappa shape index (κ1) is 16.3. The number of halogens is 2. The van der Waals surface area contributed by atoms with E-state index in [1.54, 1.807) is 0 Å². The molecule has 1 aromatic carbocycles. The molecule has 0 fully saturated rings. The lowest BCUT2D eigenvalue weighted by Crippen LogP contribution is -2.25.